The summed E-state index contributed by atoms with van der Waals surface area (Å²) >= 11 is 3.61. The van der Waals surface area contributed by atoms with Crippen molar-refractivity contribution in [2.75, 3.05) is 80.1 Å². The number of fused-ring (bicyclic) bond motifs is 2. The van der Waals surface area contributed by atoms with Gasteiger partial charge in [0.1, 0.15) is 24.8 Å². The highest BCUT2D eigenvalue weighted by Gasteiger charge is 2.36. The maximum absolute atomic E-state index is 13.7. The van der Waals surface area contributed by atoms with E-state index in [2.05, 4.69) is 78.4 Å². The number of carbonyl (C=O) groups excluding carboxylic acids is 3. The van der Waals surface area contributed by atoms with E-state index in [1.807, 2.05) is 35.2 Å². The Bertz CT molecular complexity index is 3070. The molecule has 18 nitrogen and oxygen atoms in total. The van der Waals surface area contributed by atoms with Crippen LogP contribution in [0.2, 0.25) is 0 Å². The lowest BCUT2D eigenvalue weighted by molar-refractivity contribution is -0.135. The number of nitrogens with one attached hydrogen (secondary N) is 5. The largest absolute Gasteiger partial charge is 0.494 e. The van der Waals surface area contributed by atoms with Crippen molar-refractivity contribution in [3.8, 4) is 5.75 Å². The van der Waals surface area contributed by atoms with Crippen molar-refractivity contribution in [1.82, 2.24) is 35.5 Å². The zero-order valence-electron chi connectivity index (χ0n) is 39.4. The molecular weight excluding hydrogens is 965 g/mol. The van der Waals surface area contributed by atoms with E-state index in [4.69, 9.17) is 19.1 Å². The van der Waals surface area contributed by atoms with E-state index >= 15 is 0 Å². The van der Waals surface area contributed by atoms with Crippen LogP contribution in [-0.4, -0.2) is 103 Å². The first-order valence-corrected chi connectivity index (χ1v) is 26.9. The van der Waals surface area contributed by atoms with E-state index in [1.165, 1.54) is 4.57 Å². The zero-order valence-corrected chi connectivity index (χ0v) is 41.8. The van der Waals surface area contributed by atoms with Crippen LogP contribution in [0, 0.1) is 5.92 Å². The van der Waals surface area contributed by atoms with Gasteiger partial charge in [0.25, 0.3) is 0 Å². The van der Waals surface area contributed by atoms with Crippen molar-refractivity contribution < 1.29 is 28.1 Å². The second-order valence-corrected chi connectivity index (χ2v) is 22.2. The number of oxazole rings is 1. The van der Waals surface area contributed by atoms with Crippen LogP contribution in [0.3, 0.4) is 0 Å². The van der Waals surface area contributed by atoms with Gasteiger partial charge < -0.3 is 44.8 Å². The van der Waals surface area contributed by atoms with Crippen molar-refractivity contribution in [3.05, 3.63) is 87.1 Å². The molecular formula is C49H57BrN11O7P. The van der Waals surface area contributed by atoms with Crippen LogP contribution >= 0.6 is 23.1 Å². The molecule has 0 saturated carbocycles. The molecule has 0 bridgehead atoms. The normalized spacial score (nSPS) is 17.0. The Morgan fingerprint density at radius 3 is 2.45 bits per heavy atom. The number of hydrogen-bond acceptors (Lipinski definition) is 15. The van der Waals surface area contributed by atoms with Crippen LogP contribution in [0.4, 0.5) is 34.5 Å². The molecule has 0 radical (unpaired) electrons. The minimum absolute atomic E-state index is 0.0237. The Balaban J connectivity index is 0.770. The smallest absolute Gasteiger partial charge is 0.420 e. The third kappa shape index (κ3) is 9.95. The fourth-order valence-electron chi connectivity index (χ4n) is 9.62. The molecule has 3 saturated heterocycles. The Morgan fingerprint density at radius 1 is 0.928 bits per heavy atom. The van der Waals surface area contributed by atoms with Gasteiger partial charge in [-0.15, -0.1) is 0 Å². The molecule has 0 aliphatic carbocycles. The average molecular weight is 1020 g/mol. The molecule has 1 unspecified atom stereocenters. The lowest BCUT2D eigenvalue weighted by atomic mass is 9.98. The minimum atomic E-state index is -2.75. The van der Waals surface area contributed by atoms with Crippen LogP contribution in [-0.2, 0) is 31.8 Å². The van der Waals surface area contributed by atoms with E-state index in [0.717, 1.165) is 77.6 Å². The number of imide groups is 1. The van der Waals surface area contributed by atoms with Crippen LogP contribution < -0.4 is 52.2 Å². The number of amides is 3. The van der Waals surface area contributed by atoms with Gasteiger partial charge in [0.15, 0.2) is 5.58 Å². The molecule has 362 valence electrons. The molecule has 3 aliphatic heterocycles. The summed E-state index contributed by atoms with van der Waals surface area (Å²) in [4.78, 5) is 68.8. The summed E-state index contributed by atoms with van der Waals surface area (Å²) in [6, 6.07) is 16.9. The number of halogens is 1. The van der Waals surface area contributed by atoms with Gasteiger partial charge in [0, 0.05) is 86.1 Å². The van der Waals surface area contributed by atoms with Crippen LogP contribution in [0.1, 0.15) is 56.8 Å². The number of pyridine rings is 1. The number of carbonyl (C=O) groups is 3. The summed E-state index contributed by atoms with van der Waals surface area (Å²) in [6.45, 7) is 11.5. The number of hydrogen-bond donors (Lipinski definition) is 5. The molecule has 3 amide bonds. The maximum atomic E-state index is 13.7. The van der Waals surface area contributed by atoms with Gasteiger partial charge in [0.05, 0.1) is 45.6 Å². The van der Waals surface area contributed by atoms with Crippen molar-refractivity contribution >= 4 is 103 Å². The Morgan fingerprint density at radius 2 is 1.72 bits per heavy atom. The maximum Gasteiger partial charge on any atom is 0.420 e. The molecule has 69 heavy (non-hydrogen) atoms. The van der Waals surface area contributed by atoms with Gasteiger partial charge in [0.2, 0.25) is 23.7 Å². The number of aryl methyl sites for hydroxylation is 2. The van der Waals surface area contributed by atoms with E-state index < -0.39 is 24.8 Å². The standard InChI is InChI=1S/C49H57BrN11O7P/c1-6-28-23-36(56-48-53-25-33(50)45(58-48)55-35-14-13-34-32(44(35)69(4,5)66)12-11-30(7-2)54-34)41(67-3)24-40(28)59-21-17-31(18-22-59)51-19-20-52-46(63)29-26-60(27-29)37-9-8-10-38-43(37)68-49(65)61(38)39-15-16-42(62)57-47(39)64/h8-14,23-25,29,31,39,51H,6-7,15-22,26-27H2,1-5H3,(H,52,63)(H,57,62,64)(H2,53,55,56,58). The number of ether oxygens (including phenoxy) is 1. The van der Waals surface area contributed by atoms with Gasteiger partial charge in [-0.2, -0.15) is 4.98 Å². The average Bonchev–Trinajstić information content (AvgIpc) is 3.66. The molecule has 3 aromatic carbocycles. The van der Waals surface area contributed by atoms with Crippen molar-refractivity contribution in [3.63, 3.8) is 0 Å². The number of benzene rings is 3. The van der Waals surface area contributed by atoms with Crippen molar-refractivity contribution in [1.29, 1.82) is 0 Å². The summed E-state index contributed by atoms with van der Waals surface area (Å²) < 4.78 is 27.2. The Labute approximate surface area is 407 Å². The van der Waals surface area contributed by atoms with Crippen molar-refractivity contribution in [2.24, 2.45) is 5.92 Å². The number of para-hydroxylation sites is 1. The second-order valence-electron chi connectivity index (χ2n) is 18.1. The van der Waals surface area contributed by atoms with E-state index in [-0.39, 0.29) is 30.6 Å². The van der Waals surface area contributed by atoms with Gasteiger partial charge in [-0.05, 0) is 103 Å². The number of piperidine rings is 2. The first kappa shape index (κ1) is 47.8. The Kier molecular flexibility index (Phi) is 13.8. The van der Waals surface area contributed by atoms with Gasteiger partial charge in [-0.25, -0.2) is 9.78 Å². The molecule has 0 spiro atoms. The summed E-state index contributed by atoms with van der Waals surface area (Å²) in [7, 11) is -1.10. The highest BCUT2D eigenvalue weighted by Crippen LogP contribution is 2.43. The van der Waals surface area contributed by atoms with E-state index in [0.29, 0.717) is 76.7 Å². The minimum Gasteiger partial charge on any atom is -0.494 e. The fraction of sp³-hybridized carbons (Fsp3) is 0.408. The molecule has 5 N–H and O–H groups in total. The number of rotatable bonds is 16. The number of nitrogens with zero attached hydrogens (tertiary/aromatic N) is 6. The van der Waals surface area contributed by atoms with Crippen LogP contribution in [0.15, 0.2) is 74.5 Å². The monoisotopic (exact) mass is 1020 g/mol. The lowest BCUT2D eigenvalue weighted by Gasteiger charge is -2.40. The first-order chi connectivity index (χ1) is 33.2. The predicted molar refractivity (Wildman–Crippen MR) is 273 cm³/mol. The second kappa shape index (κ2) is 20.0. The third-order valence-electron chi connectivity index (χ3n) is 13.3. The summed E-state index contributed by atoms with van der Waals surface area (Å²) in [6.07, 6.45) is 5.54. The topological polar surface area (TPSA) is 218 Å². The number of aromatic nitrogens is 4. The van der Waals surface area contributed by atoms with Gasteiger partial charge in [-0.3, -0.25) is 29.3 Å². The molecule has 9 rings (SSSR count). The van der Waals surface area contributed by atoms with Crippen LogP contribution in [0.25, 0.3) is 22.0 Å². The van der Waals surface area contributed by atoms with Gasteiger partial charge >= 0.3 is 5.76 Å². The lowest BCUT2D eigenvalue weighted by Crippen LogP contribution is -2.54. The number of methoxy groups -OCH3 is 1. The van der Waals surface area contributed by atoms with Crippen LogP contribution in [0.5, 0.6) is 5.75 Å². The molecule has 6 heterocycles. The quantitative estimate of drug-likeness (QED) is 0.0405. The molecule has 3 fully saturated rings. The summed E-state index contributed by atoms with van der Waals surface area (Å²) in [5.41, 5.74) is 7.03. The molecule has 6 aromatic rings. The molecule has 1 atom stereocenters. The predicted octanol–water partition coefficient (Wildman–Crippen LogP) is 6.35. The third-order valence-corrected chi connectivity index (χ3v) is 15.4. The fourth-order valence-corrected chi connectivity index (χ4v) is 11.4. The van der Waals surface area contributed by atoms with Gasteiger partial charge in [-0.1, -0.05) is 26.0 Å². The Hall–Kier alpha value is -6.30. The molecule has 20 heteroatoms. The first-order valence-electron chi connectivity index (χ1n) is 23.5. The van der Waals surface area contributed by atoms with Crippen molar-refractivity contribution in [2.45, 2.75) is 64.5 Å². The van der Waals surface area contributed by atoms with E-state index in [9.17, 15) is 23.7 Å². The molecule has 3 aliphatic rings. The highest BCUT2D eigenvalue weighted by atomic mass is 79.9. The van der Waals surface area contributed by atoms with E-state index in [1.54, 1.807) is 38.8 Å². The highest BCUT2D eigenvalue weighted by molar-refractivity contribution is 9.10. The summed E-state index contributed by atoms with van der Waals surface area (Å²) in [5, 5.41) is 17.4. The summed E-state index contributed by atoms with van der Waals surface area (Å²) in [5.74, 6) is -0.226. The zero-order chi connectivity index (χ0) is 48.6. The SMILES string of the molecule is CCc1ccc2c(P(C)(C)=O)c(Nc3nc(Nc4cc(CC)c(N5CCC(NCCNC(=O)C6CN(c7cccc8c7oc(=O)n8C7CCC(=O)NC7=O)C6)CC5)cc4OC)ncc3Br)ccc2n1. The number of anilines is 6. The molecule has 3 aromatic heterocycles.